The summed E-state index contributed by atoms with van der Waals surface area (Å²) >= 11 is 0. The number of hydrogen-bond acceptors (Lipinski definition) is 5. The molecule has 170 valence electrons. The number of ether oxygens (including phenoxy) is 2. The highest BCUT2D eigenvalue weighted by Crippen LogP contribution is 2.17. The van der Waals surface area contributed by atoms with Crippen molar-refractivity contribution in [1.29, 1.82) is 0 Å². The van der Waals surface area contributed by atoms with Gasteiger partial charge < -0.3 is 25.0 Å². The molecular weight excluding hydrogens is 493 g/mol. The van der Waals surface area contributed by atoms with E-state index in [1.54, 1.807) is 0 Å². The van der Waals surface area contributed by atoms with E-state index in [4.69, 9.17) is 14.5 Å². The number of hydrogen-bond donors (Lipinski definition) is 2. The smallest absolute Gasteiger partial charge is 0.191 e. The molecule has 0 bridgehead atoms. The molecule has 0 unspecified atom stereocenters. The van der Waals surface area contributed by atoms with Crippen molar-refractivity contribution in [1.82, 2.24) is 15.5 Å². The average Bonchev–Trinajstić information content (AvgIpc) is 2.77. The van der Waals surface area contributed by atoms with E-state index in [0.29, 0.717) is 6.54 Å². The Morgan fingerprint density at radius 2 is 1.57 bits per heavy atom. The maximum atomic E-state index is 5.49. The molecule has 3 rings (SSSR count). The molecule has 0 spiro atoms. The summed E-state index contributed by atoms with van der Waals surface area (Å²) < 4.78 is 10.9. The summed E-state index contributed by atoms with van der Waals surface area (Å²) in [4.78, 5) is 9.65. The van der Waals surface area contributed by atoms with Crippen LogP contribution in [0.15, 0.2) is 29.3 Å². The molecule has 0 amide bonds. The minimum Gasteiger partial charge on any atom is -0.379 e. The van der Waals surface area contributed by atoms with Crippen molar-refractivity contribution in [3.05, 3.63) is 29.8 Å². The Morgan fingerprint density at radius 3 is 2.17 bits per heavy atom. The number of rotatable bonds is 7. The highest BCUT2D eigenvalue weighted by atomic mass is 127. The van der Waals surface area contributed by atoms with Gasteiger partial charge in [0, 0.05) is 50.5 Å². The molecule has 0 aliphatic carbocycles. The van der Waals surface area contributed by atoms with Crippen molar-refractivity contribution in [2.75, 3.05) is 70.6 Å². The molecule has 7 nitrogen and oxygen atoms in total. The fourth-order valence-electron chi connectivity index (χ4n) is 3.73. The van der Waals surface area contributed by atoms with Gasteiger partial charge in [-0.1, -0.05) is 12.1 Å². The molecule has 2 aliphatic heterocycles. The normalized spacial score (nSPS) is 18.6. The Labute approximate surface area is 198 Å². The van der Waals surface area contributed by atoms with E-state index in [-0.39, 0.29) is 29.5 Å². The van der Waals surface area contributed by atoms with Crippen molar-refractivity contribution in [3.8, 4) is 0 Å². The van der Waals surface area contributed by atoms with Gasteiger partial charge in [0.15, 0.2) is 5.96 Å². The number of halogens is 1. The summed E-state index contributed by atoms with van der Waals surface area (Å²) in [5.74, 6) is 0.867. The molecule has 1 aromatic rings. The third-order valence-corrected chi connectivity index (χ3v) is 5.63. The second kappa shape index (κ2) is 12.7. The Hall–Kier alpha value is -1.10. The summed E-state index contributed by atoms with van der Waals surface area (Å²) in [5.41, 5.74) is 2.53. The van der Waals surface area contributed by atoms with Crippen LogP contribution in [0, 0.1) is 0 Å². The van der Waals surface area contributed by atoms with E-state index < -0.39 is 0 Å². The molecular formula is C22H38IN5O2. The third kappa shape index (κ3) is 7.55. The van der Waals surface area contributed by atoms with Crippen molar-refractivity contribution in [2.45, 2.75) is 32.9 Å². The lowest BCUT2D eigenvalue weighted by Gasteiger charge is -2.41. The predicted molar refractivity (Wildman–Crippen MR) is 134 cm³/mol. The molecule has 2 fully saturated rings. The SMILES string of the molecule is CCNC(=NCc1ccc(N2CCOCC2)cc1)NCC(C)(C)N1CCOCC1.I. The van der Waals surface area contributed by atoms with E-state index in [2.05, 4.69) is 65.5 Å². The number of nitrogens with one attached hydrogen (secondary N) is 2. The predicted octanol–water partition coefficient (Wildman–Crippen LogP) is 2.31. The van der Waals surface area contributed by atoms with Gasteiger partial charge in [-0.15, -0.1) is 24.0 Å². The van der Waals surface area contributed by atoms with E-state index in [0.717, 1.165) is 71.7 Å². The van der Waals surface area contributed by atoms with Gasteiger partial charge >= 0.3 is 0 Å². The van der Waals surface area contributed by atoms with Crippen LogP contribution in [0.3, 0.4) is 0 Å². The van der Waals surface area contributed by atoms with Crippen molar-refractivity contribution < 1.29 is 9.47 Å². The zero-order valence-corrected chi connectivity index (χ0v) is 21.0. The maximum Gasteiger partial charge on any atom is 0.191 e. The Balaban J connectivity index is 0.00000320. The van der Waals surface area contributed by atoms with Gasteiger partial charge in [0.25, 0.3) is 0 Å². The molecule has 1 aromatic carbocycles. The van der Waals surface area contributed by atoms with Gasteiger partial charge in [-0.2, -0.15) is 0 Å². The fourth-order valence-corrected chi connectivity index (χ4v) is 3.73. The first-order valence-corrected chi connectivity index (χ1v) is 10.8. The molecule has 0 aromatic heterocycles. The number of anilines is 1. The lowest BCUT2D eigenvalue weighted by atomic mass is 10.0. The van der Waals surface area contributed by atoms with Gasteiger partial charge in [-0.3, -0.25) is 4.90 Å². The molecule has 2 N–H and O–H groups in total. The first kappa shape index (κ1) is 25.2. The number of nitrogens with zero attached hydrogens (tertiary/aromatic N) is 3. The molecule has 0 radical (unpaired) electrons. The summed E-state index contributed by atoms with van der Waals surface area (Å²) in [6.45, 7) is 16.2. The molecule has 2 aliphatic rings. The number of morpholine rings is 2. The largest absolute Gasteiger partial charge is 0.379 e. The number of aliphatic imine (C=N–C) groups is 1. The molecule has 0 saturated carbocycles. The molecule has 0 atom stereocenters. The monoisotopic (exact) mass is 531 g/mol. The molecule has 2 heterocycles. The Morgan fingerprint density at radius 1 is 0.967 bits per heavy atom. The summed E-state index contributed by atoms with van der Waals surface area (Å²) in [7, 11) is 0. The van der Waals surface area contributed by atoms with E-state index in [1.165, 1.54) is 11.3 Å². The van der Waals surface area contributed by atoms with Crippen LogP contribution in [0.2, 0.25) is 0 Å². The zero-order chi connectivity index (χ0) is 20.5. The highest BCUT2D eigenvalue weighted by Gasteiger charge is 2.28. The van der Waals surface area contributed by atoms with Gasteiger partial charge in [0.2, 0.25) is 0 Å². The molecule has 2 saturated heterocycles. The summed E-state index contributed by atoms with van der Waals surface area (Å²) in [6, 6.07) is 8.74. The quantitative estimate of drug-likeness (QED) is 0.320. The standard InChI is InChI=1S/C22H37N5O2.HI/c1-4-23-21(25-18-22(2,3)27-11-15-29-16-12-27)24-17-19-5-7-20(8-6-19)26-9-13-28-14-10-26;/h5-8H,4,9-18H2,1-3H3,(H2,23,24,25);1H. The van der Waals surface area contributed by atoms with Crippen LogP contribution < -0.4 is 15.5 Å². The van der Waals surface area contributed by atoms with Crippen molar-refractivity contribution in [2.24, 2.45) is 4.99 Å². The van der Waals surface area contributed by atoms with Crippen molar-refractivity contribution in [3.63, 3.8) is 0 Å². The van der Waals surface area contributed by atoms with Crippen LogP contribution in [0.4, 0.5) is 5.69 Å². The Kier molecular flexibility index (Phi) is 10.6. The lowest BCUT2D eigenvalue weighted by molar-refractivity contribution is -0.00834. The zero-order valence-electron chi connectivity index (χ0n) is 18.7. The van der Waals surface area contributed by atoms with Crippen LogP contribution in [0.5, 0.6) is 0 Å². The lowest BCUT2D eigenvalue weighted by Crippen LogP contribution is -2.56. The maximum absolute atomic E-state index is 5.49. The van der Waals surface area contributed by atoms with Crippen LogP contribution >= 0.6 is 24.0 Å². The highest BCUT2D eigenvalue weighted by molar-refractivity contribution is 14.0. The van der Waals surface area contributed by atoms with Crippen molar-refractivity contribution >= 4 is 35.6 Å². The van der Waals surface area contributed by atoms with E-state index in [1.807, 2.05) is 0 Å². The van der Waals surface area contributed by atoms with Crippen LogP contribution in [0.25, 0.3) is 0 Å². The summed E-state index contributed by atoms with van der Waals surface area (Å²) in [6.07, 6.45) is 0. The Bertz CT molecular complexity index is 641. The van der Waals surface area contributed by atoms with E-state index in [9.17, 15) is 0 Å². The van der Waals surface area contributed by atoms with Gasteiger partial charge in [-0.05, 0) is 38.5 Å². The first-order valence-electron chi connectivity index (χ1n) is 10.8. The minimum atomic E-state index is 0. The summed E-state index contributed by atoms with van der Waals surface area (Å²) in [5, 5.41) is 6.89. The average molecular weight is 531 g/mol. The third-order valence-electron chi connectivity index (χ3n) is 5.63. The van der Waals surface area contributed by atoms with Crippen LogP contribution in [-0.2, 0) is 16.0 Å². The number of guanidine groups is 1. The molecule has 30 heavy (non-hydrogen) atoms. The van der Waals surface area contributed by atoms with Gasteiger partial charge in [-0.25, -0.2) is 4.99 Å². The molecule has 8 heteroatoms. The second-order valence-corrected chi connectivity index (χ2v) is 8.23. The topological polar surface area (TPSA) is 61.4 Å². The first-order chi connectivity index (χ1) is 14.1. The fraction of sp³-hybridized carbons (Fsp3) is 0.682. The van der Waals surface area contributed by atoms with Crippen LogP contribution in [0.1, 0.15) is 26.3 Å². The van der Waals surface area contributed by atoms with Gasteiger partial charge in [0.05, 0.1) is 33.0 Å². The van der Waals surface area contributed by atoms with E-state index >= 15 is 0 Å². The minimum absolute atomic E-state index is 0. The van der Waals surface area contributed by atoms with Gasteiger partial charge in [0.1, 0.15) is 0 Å². The number of benzene rings is 1. The van der Waals surface area contributed by atoms with Crippen LogP contribution in [-0.4, -0.2) is 82.1 Å². The second-order valence-electron chi connectivity index (χ2n) is 8.23.